The van der Waals surface area contributed by atoms with E-state index in [1.54, 1.807) is 36.4 Å². The lowest BCUT2D eigenvalue weighted by molar-refractivity contribution is -0.384. The van der Waals surface area contributed by atoms with E-state index in [4.69, 9.17) is 0 Å². The van der Waals surface area contributed by atoms with Crippen molar-refractivity contribution in [2.24, 2.45) is 0 Å². The Bertz CT molecular complexity index is 1000. The summed E-state index contributed by atoms with van der Waals surface area (Å²) in [6.07, 6.45) is 5.25. The smallest absolute Gasteiger partial charge is 0.310 e. The van der Waals surface area contributed by atoms with Gasteiger partial charge in [-0.05, 0) is 30.3 Å². The van der Waals surface area contributed by atoms with Crippen LogP contribution in [0.3, 0.4) is 0 Å². The SMILES string of the molecule is O=C(/C=C/c1ccc(-c2ccccc2F)s1)Nc1ccncc1[N+](=O)[O-]. The molecule has 3 rings (SSSR count). The average molecular weight is 369 g/mol. The zero-order valence-corrected chi connectivity index (χ0v) is 14.1. The molecule has 1 aromatic carbocycles. The van der Waals surface area contributed by atoms with E-state index >= 15 is 0 Å². The Hall–Kier alpha value is -3.39. The minimum Gasteiger partial charge on any atom is -0.317 e. The fraction of sp³-hybridized carbons (Fsp3) is 0. The van der Waals surface area contributed by atoms with Crippen LogP contribution in [0.25, 0.3) is 16.5 Å². The zero-order valence-electron chi connectivity index (χ0n) is 13.3. The van der Waals surface area contributed by atoms with Crippen LogP contribution in [0.4, 0.5) is 15.8 Å². The lowest BCUT2D eigenvalue weighted by Gasteiger charge is -2.02. The van der Waals surface area contributed by atoms with Crippen molar-refractivity contribution in [3.63, 3.8) is 0 Å². The predicted octanol–water partition coefficient (Wildman–Crippen LogP) is 4.51. The Labute approximate surface area is 151 Å². The number of halogens is 1. The van der Waals surface area contributed by atoms with E-state index in [1.807, 2.05) is 0 Å². The van der Waals surface area contributed by atoms with Gasteiger partial charge in [0.15, 0.2) is 0 Å². The summed E-state index contributed by atoms with van der Waals surface area (Å²) in [4.78, 5) is 27.5. The summed E-state index contributed by atoms with van der Waals surface area (Å²) < 4.78 is 13.8. The molecule has 130 valence electrons. The molecule has 8 heteroatoms. The Morgan fingerprint density at radius 2 is 2.04 bits per heavy atom. The number of thiophene rings is 1. The average Bonchev–Trinajstić information content (AvgIpc) is 3.09. The predicted molar refractivity (Wildman–Crippen MR) is 98.3 cm³/mol. The second-order valence-corrected chi connectivity index (χ2v) is 6.27. The van der Waals surface area contributed by atoms with Crippen LogP contribution in [-0.2, 0) is 4.79 Å². The van der Waals surface area contributed by atoms with Crippen LogP contribution in [-0.4, -0.2) is 15.8 Å². The molecule has 2 heterocycles. The molecule has 1 N–H and O–H groups in total. The molecule has 0 spiro atoms. The molecule has 1 amide bonds. The van der Waals surface area contributed by atoms with Gasteiger partial charge >= 0.3 is 5.69 Å². The van der Waals surface area contributed by atoms with Crippen molar-refractivity contribution in [3.05, 3.63) is 81.7 Å². The van der Waals surface area contributed by atoms with Crippen LogP contribution in [0.5, 0.6) is 0 Å². The lowest BCUT2D eigenvalue weighted by Crippen LogP contribution is -2.09. The van der Waals surface area contributed by atoms with Crippen LogP contribution in [0, 0.1) is 15.9 Å². The summed E-state index contributed by atoms with van der Waals surface area (Å²) in [6, 6.07) is 11.3. The van der Waals surface area contributed by atoms with Gasteiger partial charge in [-0.15, -0.1) is 11.3 Å². The van der Waals surface area contributed by atoms with Gasteiger partial charge in [0.25, 0.3) is 0 Å². The molecule has 26 heavy (non-hydrogen) atoms. The van der Waals surface area contributed by atoms with Crippen LogP contribution < -0.4 is 5.32 Å². The minimum atomic E-state index is -0.619. The van der Waals surface area contributed by atoms with Crippen molar-refractivity contribution in [2.75, 3.05) is 5.32 Å². The van der Waals surface area contributed by atoms with Gasteiger partial charge in [0.05, 0.1) is 4.92 Å². The van der Waals surface area contributed by atoms with Gasteiger partial charge in [-0.2, -0.15) is 0 Å². The minimum absolute atomic E-state index is 0.0675. The van der Waals surface area contributed by atoms with E-state index in [2.05, 4.69) is 10.3 Å². The number of aromatic nitrogens is 1. The van der Waals surface area contributed by atoms with Crippen molar-refractivity contribution >= 4 is 34.7 Å². The van der Waals surface area contributed by atoms with Gasteiger partial charge in [0.1, 0.15) is 17.7 Å². The zero-order chi connectivity index (χ0) is 18.5. The first kappa shape index (κ1) is 17.4. The van der Waals surface area contributed by atoms with Crippen molar-refractivity contribution in [2.45, 2.75) is 0 Å². The van der Waals surface area contributed by atoms with Crippen molar-refractivity contribution < 1.29 is 14.1 Å². The largest absolute Gasteiger partial charge is 0.317 e. The highest BCUT2D eigenvalue weighted by Gasteiger charge is 2.14. The molecular weight excluding hydrogens is 357 g/mol. The maximum absolute atomic E-state index is 13.8. The number of hydrogen-bond donors (Lipinski definition) is 1. The molecule has 0 unspecified atom stereocenters. The first-order valence-corrected chi connectivity index (χ1v) is 8.28. The Balaban J connectivity index is 1.72. The summed E-state index contributed by atoms with van der Waals surface area (Å²) in [5.74, 6) is -0.826. The maximum atomic E-state index is 13.8. The molecule has 0 bridgehead atoms. The highest BCUT2D eigenvalue weighted by Crippen LogP contribution is 2.30. The Kier molecular flexibility index (Phi) is 5.14. The third kappa shape index (κ3) is 3.98. The molecule has 0 aliphatic carbocycles. The summed E-state index contributed by atoms with van der Waals surface area (Å²) >= 11 is 1.33. The summed E-state index contributed by atoms with van der Waals surface area (Å²) in [5.41, 5.74) is 0.277. The number of amides is 1. The Morgan fingerprint density at radius 1 is 1.23 bits per heavy atom. The number of pyridine rings is 1. The van der Waals surface area contributed by atoms with Crippen molar-refractivity contribution in [3.8, 4) is 10.4 Å². The molecule has 6 nitrogen and oxygen atoms in total. The van der Waals surface area contributed by atoms with Crippen LogP contribution >= 0.6 is 11.3 Å². The fourth-order valence-electron chi connectivity index (χ4n) is 2.22. The monoisotopic (exact) mass is 369 g/mol. The van der Waals surface area contributed by atoms with Gasteiger partial charge in [-0.25, -0.2) is 4.39 Å². The molecular formula is C18H12FN3O3S. The quantitative estimate of drug-likeness (QED) is 0.407. The second kappa shape index (κ2) is 7.66. The number of benzene rings is 1. The number of rotatable bonds is 5. The van der Waals surface area contributed by atoms with Gasteiger partial charge in [-0.3, -0.25) is 19.9 Å². The highest BCUT2D eigenvalue weighted by atomic mass is 32.1. The molecule has 0 fully saturated rings. The van der Waals surface area contributed by atoms with E-state index in [9.17, 15) is 19.3 Å². The molecule has 0 saturated heterocycles. The first-order valence-electron chi connectivity index (χ1n) is 7.47. The number of carbonyl (C=O) groups excluding carboxylic acids is 1. The van der Waals surface area contributed by atoms with Gasteiger partial charge in [0.2, 0.25) is 5.91 Å². The topological polar surface area (TPSA) is 85.1 Å². The first-order chi connectivity index (χ1) is 12.5. The van der Waals surface area contributed by atoms with E-state index in [1.165, 1.54) is 35.7 Å². The third-order valence-corrected chi connectivity index (χ3v) is 4.50. The summed E-state index contributed by atoms with van der Waals surface area (Å²) in [5, 5.41) is 13.4. The summed E-state index contributed by atoms with van der Waals surface area (Å²) in [6.45, 7) is 0. The van der Waals surface area contributed by atoms with E-state index in [0.29, 0.717) is 5.56 Å². The number of nitrogens with zero attached hydrogens (tertiary/aromatic N) is 2. The third-order valence-electron chi connectivity index (χ3n) is 3.42. The van der Waals surface area contributed by atoms with Crippen LogP contribution in [0.1, 0.15) is 4.88 Å². The van der Waals surface area contributed by atoms with Crippen molar-refractivity contribution in [1.82, 2.24) is 4.98 Å². The highest BCUT2D eigenvalue weighted by molar-refractivity contribution is 7.16. The number of nitro groups is 1. The van der Waals surface area contributed by atoms with Crippen LogP contribution in [0.2, 0.25) is 0 Å². The maximum Gasteiger partial charge on any atom is 0.310 e. The Morgan fingerprint density at radius 3 is 2.81 bits per heavy atom. The second-order valence-electron chi connectivity index (χ2n) is 5.15. The van der Waals surface area contributed by atoms with Gasteiger partial charge in [0, 0.05) is 27.6 Å². The van der Waals surface area contributed by atoms with E-state index in [0.717, 1.165) is 16.0 Å². The molecule has 2 aromatic heterocycles. The molecule has 0 aliphatic heterocycles. The van der Waals surface area contributed by atoms with E-state index < -0.39 is 10.8 Å². The normalized spacial score (nSPS) is 10.8. The molecule has 3 aromatic rings. The van der Waals surface area contributed by atoms with E-state index in [-0.39, 0.29) is 17.2 Å². The standard InChI is InChI=1S/C18H12FN3O3S/c19-14-4-2-1-3-13(14)17-7-5-12(26-17)6-8-18(23)21-15-9-10-20-11-16(15)22(24)25/h1-11H,(H,20,21,23)/b8-6+. The fourth-order valence-corrected chi connectivity index (χ4v) is 3.16. The number of nitrogens with one attached hydrogen (secondary N) is 1. The molecule has 0 aliphatic rings. The van der Waals surface area contributed by atoms with Gasteiger partial charge in [-0.1, -0.05) is 18.2 Å². The van der Waals surface area contributed by atoms with Gasteiger partial charge < -0.3 is 5.32 Å². The van der Waals surface area contributed by atoms with Crippen molar-refractivity contribution in [1.29, 1.82) is 0 Å². The van der Waals surface area contributed by atoms with Crippen LogP contribution in [0.15, 0.2) is 60.9 Å². The molecule has 0 saturated carbocycles. The number of carbonyl (C=O) groups is 1. The summed E-state index contributed by atoms with van der Waals surface area (Å²) in [7, 11) is 0. The molecule has 0 radical (unpaired) electrons. The lowest BCUT2D eigenvalue weighted by atomic mass is 10.2. The number of anilines is 1. The molecule has 0 atom stereocenters. The number of hydrogen-bond acceptors (Lipinski definition) is 5.